The normalized spacial score (nSPS) is 21.0. The van der Waals surface area contributed by atoms with Crippen LogP contribution in [0.3, 0.4) is 0 Å². The van der Waals surface area contributed by atoms with Gasteiger partial charge in [-0.3, -0.25) is 0 Å². The molecule has 0 aromatic heterocycles. The molecule has 0 bridgehead atoms. The first-order chi connectivity index (χ1) is 10.0. The van der Waals surface area contributed by atoms with E-state index < -0.39 is 0 Å². The van der Waals surface area contributed by atoms with Gasteiger partial charge >= 0.3 is 0 Å². The summed E-state index contributed by atoms with van der Waals surface area (Å²) in [6.07, 6.45) is 2.33. The molecule has 0 saturated heterocycles. The highest BCUT2D eigenvalue weighted by atomic mass is 79.9. The molecule has 1 aliphatic rings. The van der Waals surface area contributed by atoms with Crippen LogP contribution in [-0.4, -0.2) is 6.04 Å². The highest BCUT2D eigenvalue weighted by Crippen LogP contribution is 2.40. The van der Waals surface area contributed by atoms with Crippen LogP contribution in [0.25, 0.3) is 0 Å². The first-order valence-corrected chi connectivity index (χ1v) is 8.49. The number of halogens is 2. The average Bonchev–Trinajstić information content (AvgIpc) is 2.35. The molecule has 0 amide bonds. The molecule has 0 radical (unpaired) electrons. The van der Waals surface area contributed by atoms with Crippen LogP contribution in [0.2, 0.25) is 5.02 Å². The van der Waals surface area contributed by atoms with Crippen molar-refractivity contribution < 1.29 is 0 Å². The van der Waals surface area contributed by atoms with Crippen molar-refractivity contribution in [2.45, 2.75) is 38.6 Å². The maximum Gasteiger partial charge on any atom is 0.0516 e. The SMILES string of the molecule is Cc1cc(C)c(NC2CC(c3cccc(Cl)c3)C2)c(Br)c1. The predicted molar refractivity (Wildman–Crippen MR) is 94.5 cm³/mol. The molecule has 2 aromatic rings. The molecule has 21 heavy (non-hydrogen) atoms. The summed E-state index contributed by atoms with van der Waals surface area (Å²) in [5.41, 5.74) is 5.18. The smallest absolute Gasteiger partial charge is 0.0516 e. The third kappa shape index (κ3) is 3.27. The molecule has 0 unspecified atom stereocenters. The van der Waals surface area contributed by atoms with Crippen LogP contribution in [0.4, 0.5) is 5.69 Å². The second kappa shape index (κ2) is 6.02. The van der Waals surface area contributed by atoms with E-state index in [1.807, 2.05) is 12.1 Å². The Balaban J connectivity index is 1.65. The van der Waals surface area contributed by atoms with Crippen LogP contribution in [0.5, 0.6) is 0 Å². The van der Waals surface area contributed by atoms with Crippen molar-refractivity contribution in [3.63, 3.8) is 0 Å². The molecule has 0 atom stereocenters. The second-order valence-corrected chi connectivity index (χ2v) is 7.29. The summed E-state index contributed by atoms with van der Waals surface area (Å²) in [4.78, 5) is 0. The van der Waals surface area contributed by atoms with E-state index in [1.165, 1.54) is 35.2 Å². The van der Waals surface area contributed by atoms with Crippen molar-refractivity contribution >= 4 is 33.2 Å². The topological polar surface area (TPSA) is 12.0 Å². The third-order valence-corrected chi connectivity index (χ3v) is 5.10. The van der Waals surface area contributed by atoms with Crippen LogP contribution in [0.1, 0.15) is 35.4 Å². The van der Waals surface area contributed by atoms with Crippen molar-refractivity contribution in [3.8, 4) is 0 Å². The number of hydrogen-bond donors (Lipinski definition) is 1. The van der Waals surface area contributed by atoms with Crippen molar-refractivity contribution in [2.75, 3.05) is 5.32 Å². The highest BCUT2D eigenvalue weighted by molar-refractivity contribution is 9.10. The third-order valence-electron chi connectivity index (χ3n) is 4.24. The van der Waals surface area contributed by atoms with Crippen LogP contribution in [-0.2, 0) is 0 Å². The van der Waals surface area contributed by atoms with Gasteiger partial charge in [0, 0.05) is 15.5 Å². The standard InChI is InChI=1S/C18H19BrClN/c1-11-6-12(2)18(17(19)7-11)21-16-9-14(10-16)13-4-3-5-15(20)8-13/h3-8,14,16,21H,9-10H2,1-2H3. The van der Waals surface area contributed by atoms with E-state index in [4.69, 9.17) is 11.6 Å². The van der Waals surface area contributed by atoms with Gasteiger partial charge in [-0.25, -0.2) is 0 Å². The van der Waals surface area contributed by atoms with E-state index in [0.717, 1.165) is 9.50 Å². The monoisotopic (exact) mass is 363 g/mol. The lowest BCUT2D eigenvalue weighted by molar-refractivity contribution is 0.374. The lowest BCUT2D eigenvalue weighted by atomic mass is 9.76. The zero-order valence-electron chi connectivity index (χ0n) is 12.3. The number of rotatable bonds is 3. The molecule has 1 fully saturated rings. The largest absolute Gasteiger partial charge is 0.381 e. The van der Waals surface area contributed by atoms with Gasteiger partial charge in [-0.15, -0.1) is 0 Å². The van der Waals surface area contributed by atoms with Gasteiger partial charge in [0.1, 0.15) is 0 Å². The van der Waals surface area contributed by atoms with Gasteiger partial charge in [0.05, 0.1) is 5.69 Å². The van der Waals surface area contributed by atoms with Gasteiger partial charge in [-0.1, -0.05) is 29.8 Å². The van der Waals surface area contributed by atoms with Crippen LogP contribution >= 0.6 is 27.5 Å². The summed E-state index contributed by atoms with van der Waals surface area (Å²) >= 11 is 9.74. The molecule has 0 aliphatic heterocycles. The molecule has 0 spiro atoms. The summed E-state index contributed by atoms with van der Waals surface area (Å²) in [6.45, 7) is 4.28. The van der Waals surface area contributed by atoms with Crippen molar-refractivity contribution in [1.82, 2.24) is 0 Å². The van der Waals surface area contributed by atoms with Gasteiger partial charge in [0.25, 0.3) is 0 Å². The van der Waals surface area contributed by atoms with Crippen molar-refractivity contribution in [3.05, 3.63) is 62.6 Å². The Morgan fingerprint density at radius 1 is 1.14 bits per heavy atom. The summed E-state index contributed by atoms with van der Waals surface area (Å²) < 4.78 is 1.16. The summed E-state index contributed by atoms with van der Waals surface area (Å²) in [5, 5.41) is 4.51. The molecule has 0 heterocycles. The summed E-state index contributed by atoms with van der Waals surface area (Å²) in [6, 6.07) is 13.2. The Bertz CT molecular complexity index is 639. The highest BCUT2D eigenvalue weighted by Gasteiger charge is 2.30. The van der Waals surface area contributed by atoms with Crippen molar-refractivity contribution in [2.24, 2.45) is 0 Å². The molecule has 2 aromatic carbocycles. The Morgan fingerprint density at radius 3 is 2.57 bits per heavy atom. The maximum atomic E-state index is 6.07. The molecule has 3 heteroatoms. The van der Waals surface area contributed by atoms with Crippen LogP contribution in [0.15, 0.2) is 40.9 Å². The second-order valence-electron chi connectivity index (χ2n) is 6.00. The lowest BCUT2D eigenvalue weighted by Gasteiger charge is -2.37. The molecule has 110 valence electrons. The van der Waals surface area contributed by atoms with E-state index >= 15 is 0 Å². The Kier molecular flexibility index (Phi) is 4.28. The minimum atomic E-state index is 0.548. The molecule has 3 rings (SSSR count). The van der Waals surface area contributed by atoms with E-state index in [0.29, 0.717) is 12.0 Å². The van der Waals surface area contributed by atoms with E-state index in [9.17, 15) is 0 Å². The zero-order chi connectivity index (χ0) is 15.0. The van der Waals surface area contributed by atoms with Crippen LogP contribution < -0.4 is 5.32 Å². The molecule has 1 N–H and O–H groups in total. The Hall–Kier alpha value is -0.990. The summed E-state index contributed by atoms with van der Waals surface area (Å²) in [5.74, 6) is 0.630. The first-order valence-electron chi connectivity index (χ1n) is 7.31. The minimum absolute atomic E-state index is 0.548. The molecule has 1 nitrogen and oxygen atoms in total. The van der Waals surface area contributed by atoms with Gasteiger partial charge < -0.3 is 5.32 Å². The maximum absolute atomic E-state index is 6.07. The number of benzene rings is 2. The van der Waals surface area contributed by atoms with Gasteiger partial charge in [0.15, 0.2) is 0 Å². The fourth-order valence-corrected chi connectivity index (χ4v) is 4.06. The average molecular weight is 365 g/mol. The Labute approximate surface area is 139 Å². The predicted octanol–water partition coefficient (Wildman–Crippen LogP) is 6.08. The van der Waals surface area contributed by atoms with Gasteiger partial charge in [-0.2, -0.15) is 0 Å². The fraction of sp³-hybridized carbons (Fsp3) is 0.333. The zero-order valence-corrected chi connectivity index (χ0v) is 14.6. The molecule has 1 aliphatic carbocycles. The van der Waals surface area contributed by atoms with E-state index in [2.05, 4.69) is 59.4 Å². The van der Waals surface area contributed by atoms with E-state index in [1.54, 1.807) is 0 Å². The van der Waals surface area contributed by atoms with Gasteiger partial charge in [0.2, 0.25) is 0 Å². The fourth-order valence-electron chi connectivity index (χ4n) is 3.07. The van der Waals surface area contributed by atoms with E-state index in [-0.39, 0.29) is 0 Å². The number of aryl methyl sites for hydroxylation is 2. The lowest BCUT2D eigenvalue weighted by Crippen LogP contribution is -2.34. The minimum Gasteiger partial charge on any atom is -0.381 e. The van der Waals surface area contributed by atoms with Gasteiger partial charge in [-0.05, 0) is 83.4 Å². The summed E-state index contributed by atoms with van der Waals surface area (Å²) in [7, 11) is 0. The number of anilines is 1. The van der Waals surface area contributed by atoms with Crippen LogP contribution in [0, 0.1) is 13.8 Å². The Morgan fingerprint density at radius 2 is 1.90 bits per heavy atom. The quantitative estimate of drug-likeness (QED) is 0.696. The number of hydrogen-bond acceptors (Lipinski definition) is 1. The molecular formula is C18H19BrClN. The molecular weight excluding hydrogens is 346 g/mol. The first kappa shape index (κ1) is 14.9. The molecule has 1 saturated carbocycles. The number of nitrogens with one attached hydrogen (secondary N) is 1. The van der Waals surface area contributed by atoms with Crippen molar-refractivity contribution in [1.29, 1.82) is 0 Å².